The van der Waals surface area contributed by atoms with Crippen LogP contribution >= 0.6 is 11.6 Å². The third-order valence-corrected chi connectivity index (χ3v) is 2.56. The average molecular weight is 257 g/mol. The fourth-order valence-corrected chi connectivity index (χ4v) is 1.39. The number of carboxylic acids is 1. The van der Waals surface area contributed by atoms with Gasteiger partial charge in [0.15, 0.2) is 0 Å². The van der Waals surface area contributed by atoms with Crippen LogP contribution in [0.25, 0.3) is 0 Å². The zero-order valence-electron chi connectivity index (χ0n) is 9.24. The number of benzene rings is 1. The number of rotatable bonds is 4. The zero-order chi connectivity index (χ0) is 13.0. The second-order valence-electron chi connectivity index (χ2n) is 3.50. The van der Waals surface area contributed by atoms with Crippen LogP contribution in [-0.2, 0) is 4.79 Å². The minimum Gasteiger partial charge on any atom is -0.478 e. The summed E-state index contributed by atoms with van der Waals surface area (Å²) in [6.45, 7) is 1.79. The molecular formula is C11H13ClN2O3. The van der Waals surface area contributed by atoms with Gasteiger partial charge in [0.2, 0.25) is 5.91 Å². The first-order chi connectivity index (χ1) is 7.95. The second-order valence-corrected chi connectivity index (χ2v) is 3.91. The van der Waals surface area contributed by atoms with Crippen molar-refractivity contribution in [3.8, 4) is 0 Å². The van der Waals surface area contributed by atoms with Crippen molar-refractivity contribution in [2.45, 2.75) is 19.4 Å². The van der Waals surface area contributed by atoms with E-state index in [-0.39, 0.29) is 16.5 Å². The first kappa shape index (κ1) is 13.5. The van der Waals surface area contributed by atoms with Crippen molar-refractivity contribution in [3.05, 3.63) is 28.8 Å². The summed E-state index contributed by atoms with van der Waals surface area (Å²) in [6, 6.07) is 3.47. The van der Waals surface area contributed by atoms with Crippen LogP contribution in [0.1, 0.15) is 23.7 Å². The molecule has 6 heteroatoms. The van der Waals surface area contributed by atoms with Crippen LogP contribution in [0.5, 0.6) is 0 Å². The van der Waals surface area contributed by atoms with Crippen molar-refractivity contribution in [3.63, 3.8) is 0 Å². The maximum absolute atomic E-state index is 11.5. The van der Waals surface area contributed by atoms with Gasteiger partial charge in [-0.15, -0.1) is 0 Å². The van der Waals surface area contributed by atoms with E-state index in [1.54, 1.807) is 6.92 Å². The number of hydrogen-bond donors (Lipinski definition) is 3. The highest BCUT2D eigenvalue weighted by molar-refractivity contribution is 6.34. The number of anilines is 1. The summed E-state index contributed by atoms with van der Waals surface area (Å²) in [6.07, 6.45) is 0.511. The number of hydrogen-bond acceptors (Lipinski definition) is 3. The number of carbonyl (C=O) groups is 2. The van der Waals surface area contributed by atoms with Crippen LogP contribution < -0.4 is 11.1 Å². The molecule has 17 heavy (non-hydrogen) atoms. The molecule has 1 aromatic carbocycles. The number of halogens is 1. The minimum absolute atomic E-state index is 0.0628. The quantitative estimate of drug-likeness (QED) is 0.765. The summed E-state index contributed by atoms with van der Waals surface area (Å²) >= 11 is 5.85. The van der Waals surface area contributed by atoms with E-state index in [4.69, 9.17) is 22.4 Å². The fourth-order valence-electron chi connectivity index (χ4n) is 1.16. The van der Waals surface area contributed by atoms with E-state index in [0.717, 1.165) is 0 Å². The number of aromatic carboxylic acids is 1. The van der Waals surface area contributed by atoms with Gasteiger partial charge in [0.25, 0.3) is 0 Å². The second kappa shape index (κ2) is 5.65. The van der Waals surface area contributed by atoms with Crippen molar-refractivity contribution in [1.29, 1.82) is 0 Å². The van der Waals surface area contributed by atoms with Crippen molar-refractivity contribution >= 4 is 29.2 Å². The maximum atomic E-state index is 11.5. The Balaban J connectivity index is 2.86. The van der Waals surface area contributed by atoms with Crippen LogP contribution in [0.3, 0.4) is 0 Å². The molecule has 5 nitrogen and oxygen atoms in total. The number of carboxylic acid groups (broad SMARTS) is 1. The average Bonchev–Trinajstić information content (AvgIpc) is 2.30. The predicted molar refractivity (Wildman–Crippen MR) is 65.3 cm³/mol. The van der Waals surface area contributed by atoms with E-state index in [9.17, 15) is 9.59 Å². The van der Waals surface area contributed by atoms with Crippen molar-refractivity contribution in [2.75, 3.05) is 5.32 Å². The number of amides is 1. The van der Waals surface area contributed by atoms with E-state index in [1.165, 1.54) is 18.2 Å². The molecule has 1 unspecified atom stereocenters. The van der Waals surface area contributed by atoms with E-state index in [0.29, 0.717) is 12.1 Å². The monoisotopic (exact) mass is 256 g/mol. The van der Waals surface area contributed by atoms with Crippen molar-refractivity contribution in [1.82, 2.24) is 0 Å². The first-order valence-electron chi connectivity index (χ1n) is 5.05. The van der Waals surface area contributed by atoms with E-state index >= 15 is 0 Å². The Kier molecular flexibility index (Phi) is 4.48. The molecule has 0 bridgehead atoms. The summed E-state index contributed by atoms with van der Waals surface area (Å²) in [5.74, 6) is -1.42. The van der Waals surface area contributed by atoms with E-state index < -0.39 is 12.0 Å². The topological polar surface area (TPSA) is 92.4 Å². The lowest BCUT2D eigenvalue weighted by Crippen LogP contribution is -2.34. The van der Waals surface area contributed by atoms with E-state index in [2.05, 4.69) is 5.32 Å². The van der Waals surface area contributed by atoms with Crippen LogP contribution in [-0.4, -0.2) is 23.0 Å². The van der Waals surface area contributed by atoms with Gasteiger partial charge in [0.1, 0.15) is 0 Å². The molecule has 0 saturated carbocycles. The zero-order valence-corrected chi connectivity index (χ0v) is 9.99. The van der Waals surface area contributed by atoms with Gasteiger partial charge in [-0.25, -0.2) is 4.79 Å². The predicted octanol–water partition coefficient (Wildman–Crippen LogP) is 1.71. The maximum Gasteiger partial charge on any atom is 0.335 e. The molecule has 0 radical (unpaired) electrons. The third-order valence-electron chi connectivity index (χ3n) is 2.25. The summed E-state index contributed by atoms with van der Waals surface area (Å²) in [4.78, 5) is 22.2. The number of carbonyl (C=O) groups excluding carboxylic acids is 1. The van der Waals surface area contributed by atoms with Gasteiger partial charge in [-0.1, -0.05) is 18.5 Å². The Morgan fingerprint density at radius 1 is 1.53 bits per heavy atom. The van der Waals surface area contributed by atoms with Crippen LogP contribution in [0.2, 0.25) is 5.02 Å². The summed E-state index contributed by atoms with van der Waals surface area (Å²) in [7, 11) is 0. The molecule has 1 atom stereocenters. The molecule has 4 N–H and O–H groups in total. The van der Waals surface area contributed by atoms with Crippen molar-refractivity contribution in [2.24, 2.45) is 5.73 Å². The molecule has 0 aromatic heterocycles. The highest BCUT2D eigenvalue weighted by Crippen LogP contribution is 2.23. The molecule has 0 spiro atoms. The van der Waals surface area contributed by atoms with Gasteiger partial charge in [0, 0.05) is 0 Å². The Bertz CT molecular complexity index is 448. The Hall–Kier alpha value is -1.59. The third kappa shape index (κ3) is 3.44. The van der Waals surface area contributed by atoms with Gasteiger partial charge < -0.3 is 16.2 Å². The molecule has 0 heterocycles. The molecule has 0 aliphatic carbocycles. The first-order valence-corrected chi connectivity index (χ1v) is 5.42. The molecular weight excluding hydrogens is 244 g/mol. The summed E-state index contributed by atoms with van der Waals surface area (Å²) in [5, 5.41) is 11.4. The van der Waals surface area contributed by atoms with Gasteiger partial charge in [-0.2, -0.15) is 0 Å². The van der Waals surface area contributed by atoms with Crippen LogP contribution in [0.15, 0.2) is 18.2 Å². The van der Waals surface area contributed by atoms with Gasteiger partial charge in [-0.05, 0) is 24.6 Å². The lowest BCUT2D eigenvalue weighted by atomic mass is 10.2. The Morgan fingerprint density at radius 2 is 2.18 bits per heavy atom. The SMILES string of the molecule is CCC(N)C(=O)Nc1ccc(C(=O)O)cc1Cl. The van der Waals surface area contributed by atoms with Gasteiger partial charge in [0.05, 0.1) is 22.3 Å². The highest BCUT2D eigenvalue weighted by atomic mass is 35.5. The van der Waals surface area contributed by atoms with Crippen LogP contribution in [0.4, 0.5) is 5.69 Å². The lowest BCUT2D eigenvalue weighted by molar-refractivity contribution is -0.117. The molecule has 1 aromatic rings. The molecule has 0 saturated heterocycles. The van der Waals surface area contributed by atoms with Crippen molar-refractivity contribution < 1.29 is 14.7 Å². The Morgan fingerprint density at radius 3 is 2.65 bits per heavy atom. The summed E-state index contributed by atoms with van der Waals surface area (Å²) < 4.78 is 0. The molecule has 0 fully saturated rings. The largest absolute Gasteiger partial charge is 0.478 e. The molecule has 1 rings (SSSR count). The molecule has 0 aliphatic rings. The van der Waals surface area contributed by atoms with Gasteiger partial charge >= 0.3 is 5.97 Å². The highest BCUT2D eigenvalue weighted by Gasteiger charge is 2.13. The molecule has 0 aliphatic heterocycles. The van der Waals surface area contributed by atoms with E-state index in [1.807, 2.05) is 0 Å². The standard InChI is InChI=1S/C11H13ClN2O3/c1-2-8(13)10(15)14-9-4-3-6(11(16)17)5-7(9)12/h3-5,8H,2,13H2,1H3,(H,14,15)(H,16,17). The number of nitrogens with one attached hydrogen (secondary N) is 1. The Labute approximate surface area is 104 Å². The normalized spacial score (nSPS) is 11.9. The molecule has 92 valence electrons. The molecule has 1 amide bonds. The van der Waals surface area contributed by atoms with Gasteiger partial charge in [-0.3, -0.25) is 4.79 Å². The number of nitrogens with two attached hydrogens (primary N) is 1. The summed E-state index contributed by atoms with van der Waals surface area (Å²) in [5.41, 5.74) is 5.96. The smallest absolute Gasteiger partial charge is 0.335 e. The van der Waals surface area contributed by atoms with Crippen LogP contribution in [0, 0.1) is 0 Å². The lowest BCUT2D eigenvalue weighted by Gasteiger charge is -2.11. The fraction of sp³-hybridized carbons (Fsp3) is 0.273. The minimum atomic E-state index is -1.07.